The predicted octanol–water partition coefficient (Wildman–Crippen LogP) is 3.35. The second kappa shape index (κ2) is 10.4. The molecule has 1 heterocycles. The van der Waals surface area contributed by atoms with E-state index in [0.717, 1.165) is 36.3 Å². The van der Waals surface area contributed by atoms with Gasteiger partial charge in [0.25, 0.3) is 0 Å². The lowest BCUT2D eigenvalue weighted by atomic mass is 10.1. The number of aliphatic hydroxyl groups excluding tert-OH is 1. The number of ether oxygens (including phenoxy) is 1. The Morgan fingerprint density at radius 1 is 1.40 bits per heavy atom. The third-order valence-electron chi connectivity index (χ3n) is 5.88. The van der Waals surface area contributed by atoms with Gasteiger partial charge in [-0.3, -0.25) is 9.59 Å². The summed E-state index contributed by atoms with van der Waals surface area (Å²) < 4.78 is 17.8. The number of hydrogen-bond donors (Lipinski definition) is 1. The van der Waals surface area contributed by atoms with Crippen LogP contribution in [0.25, 0.3) is 0 Å². The van der Waals surface area contributed by atoms with Crippen molar-refractivity contribution in [3.8, 4) is 0 Å². The number of methoxy groups -OCH3 is 1. The minimum atomic E-state index is -0.671. The average Bonchev–Trinajstić information content (AvgIpc) is 3.40. The minimum absolute atomic E-state index is 0.00548. The number of likely N-dealkylation sites (tertiary alicyclic amines) is 1. The van der Waals surface area contributed by atoms with Crippen LogP contribution >= 0.6 is 11.8 Å². The van der Waals surface area contributed by atoms with Crippen LogP contribution in [0.2, 0.25) is 0 Å². The Kier molecular flexibility index (Phi) is 7.94. The van der Waals surface area contributed by atoms with E-state index >= 15 is 0 Å². The van der Waals surface area contributed by atoms with E-state index in [1.807, 2.05) is 11.0 Å². The quantitative estimate of drug-likeness (QED) is 0.328. The van der Waals surface area contributed by atoms with Crippen molar-refractivity contribution in [1.29, 1.82) is 0 Å². The molecule has 2 atom stereocenters. The minimum Gasteiger partial charge on any atom is -0.469 e. The van der Waals surface area contributed by atoms with Crippen LogP contribution in [0.15, 0.2) is 36.4 Å². The monoisotopic (exact) mass is 435 g/mol. The molecule has 2 aliphatic rings. The summed E-state index contributed by atoms with van der Waals surface area (Å²) in [4.78, 5) is 25.7. The van der Waals surface area contributed by atoms with Gasteiger partial charge in [-0.25, -0.2) is 4.39 Å². The van der Waals surface area contributed by atoms with E-state index in [-0.39, 0.29) is 29.2 Å². The molecule has 0 bridgehead atoms. The third-order valence-corrected chi connectivity index (χ3v) is 7.16. The van der Waals surface area contributed by atoms with E-state index in [1.165, 1.54) is 19.2 Å². The highest BCUT2D eigenvalue weighted by Crippen LogP contribution is 2.51. The highest BCUT2D eigenvalue weighted by molar-refractivity contribution is 7.99. The Balaban J connectivity index is 1.43. The van der Waals surface area contributed by atoms with Gasteiger partial charge >= 0.3 is 5.97 Å². The second-order valence-electron chi connectivity index (χ2n) is 8.28. The van der Waals surface area contributed by atoms with Crippen molar-refractivity contribution < 1.29 is 23.8 Å². The smallest absolute Gasteiger partial charge is 0.306 e. The number of aliphatic hydroxyl groups is 1. The van der Waals surface area contributed by atoms with Crippen molar-refractivity contribution in [3.05, 3.63) is 47.8 Å². The number of rotatable bonds is 11. The van der Waals surface area contributed by atoms with Crippen molar-refractivity contribution in [2.45, 2.75) is 50.7 Å². The van der Waals surface area contributed by atoms with Crippen molar-refractivity contribution in [2.24, 2.45) is 5.41 Å². The van der Waals surface area contributed by atoms with Crippen molar-refractivity contribution >= 4 is 23.6 Å². The number of thioether (sulfide) groups is 1. The first-order chi connectivity index (χ1) is 14.4. The Bertz CT molecular complexity index is 763. The van der Waals surface area contributed by atoms with Gasteiger partial charge in [0.05, 0.1) is 25.7 Å². The molecule has 0 aromatic heterocycles. The molecule has 164 valence electrons. The zero-order valence-electron chi connectivity index (χ0n) is 17.4. The van der Waals surface area contributed by atoms with Gasteiger partial charge in [-0.1, -0.05) is 24.3 Å². The lowest BCUT2D eigenvalue weighted by Gasteiger charge is -2.23. The zero-order chi connectivity index (χ0) is 21.6. The maximum atomic E-state index is 13.0. The molecule has 3 rings (SSSR count). The number of carbonyl (C=O) groups is 2. The first-order valence-electron chi connectivity index (χ1n) is 10.5. The van der Waals surface area contributed by atoms with Crippen LogP contribution in [0.4, 0.5) is 4.39 Å². The summed E-state index contributed by atoms with van der Waals surface area (Å²) >= 11 is 1.79. The van der Waals surface area contributed by atoms with E-state index in [2.05, 4.69) is 0 Å². The van der Waals surface area contributed by atoms with Gasteiger partial charge < -0.3 is 14.7 Å². The fourth-order valence-corrected chi connectivity index (χ4v) is 5.11. The topological polar surface area (TPSA) is 66.8 Å². The van der Waals surface area contributed by atoms with E-state index in [1.54, 1.807) is 30.0 Å². The molecule has 0 unspecified atom stereocenters. The Labute approximate surface area is 181 Å². The molecule has 1 amide bonds. The molecule has 1 aromatic carbocycles. The summed E-state index contributed by atoms with van der Waals surface area (Å²) in [6, 6.07) is 6.12. The molecule has 7 heteroatoms. The molecular weight excluding hydrogens is 405 g/mol. The summed E-state index contributed by atoms with van der Waals surface area (Å²) in [6.07, 6.45) is 7.30. The molecule has 0 radical (unpaired) electrons. The number of hydrogen-bond acceptors (Lipinski definition) is 5. The molecule has 0 spiro atoms. The number of amides is 1. The number of nitrogens with zero attached hydrogens (tertiary/aromatic N) is 1. The summed E-state index contributed by atoms with van der Waals surface area (Å²) in [5.41, 5.74) is 0.960. The Hall–Kier alpha value is -1.86. The van der Waals surface area contributed by atoms with Crippen LogP contribution in [0.5, 0.6) is 0 Å². The van der Waals surface area contributed by atoms with Crippen molar-refractivity contribution in [1.82, 2.24) is 4.90 Å². The van der Waals surface area contributed by atoms with Crippen LogP contribution in [0.3, 0.4) is 0 Å². The molecule has 5 nitrogen and oxygen atoms in total. The maximum Gasteiger partial charge on any atom is 0.306 e. The highest BCUT2D eigenvalue weighted by atomic mass is 32.2. The Morgan fingerprint density at radius 2 is 2.13 bits per heavy atom. The molecule has 2 fully saturated rings. The molecule has 1 aliphatic heterocycles. The SMILES string of the molecule is COC(=O)CC1(CSCCN2C(=O)CC[C@@H]2/C=C/[C@@H](O)Cc2ccc(F)cc2)CC1. The molecule has 1 aliphatic carbocycles. The van der Waals surface area contributed by atoms with Crippen LogP contribution in [0.1, 0.15) is 37.7 Å². The summed E-state index contributed by atoms with van der Waals surface area (Å²) in [7, 11) is 1.43. The largest absolute Gasteiger partial charge is 0.469 e. The molecular formula is C23H30FNO4S. The van der Waals surface area contributed by atoms with E-state index in [4.69, 9.17) is 4.74 Å². The van der Waals surface area contributed by atoms with Gasteiger partial charge in [-0.2, -0.15) is 11.8 Å². The highest BCUT2D eigenvalue weighted by Gasteiger charge is 2.44. The lowest BCUT2D eigenvalue weighted by Crippen LogP contribution is -2.34. The molecule has 30 heavy (non-hydrogen) atoms. The zero-order valence-corrected chi connectivity index (χ0v) is 18.2. The lowest BCUT2D eigenvalue weighted by molar-refractivity contribution is -0.141. The van der Waals surface area contributed by atoms with Crippen LogP contribution in [-0.2, 0) is 20.7 Å². The molecule has 1 aromatic rings. The van der Waals surface area contributed by atoms with E-state index in [9.17, 15) is 19.1 Å². The van der Waals surface area contributed by atoms with Gasteiger partial charge in [-0.05, 0) is 48.1 Å². The molecule has 1 saturated heterocycles. The summed E-state index contributed by atoms with van der Waals surface area (Å²) in [5.74, 6) is 1.46. The number of esters is 1. The van der Waals surface area contributed by atoms with E-state index < -0.39 is 6.10 Å². The van der Waals surface area contributed by atoms with E-state index in [0.29, 0.717) is 25.8 Å². The van der Waals surface area contributed by atoms with Gasteiger partial charge in [0.15, 0.2) is 0 Å². The van der Waals surface area contributed by atoms with Crippen molar-refractivity contribution in [3.63, 3.8) is 0 Å². The molecule has 1 N–H and O–H groups in total. The Morgan fingerprint density at radius 3 is 2.80 bits per heavy atom. The first kappa shape index (κ1) is 22.8. The predicted molar refractivity (Wildman–Crippen MR) is 116 cm³/mol. The van der Waals surface area contributed by atoms with Crippen LogP contribution in [-0.4, -0.2) is 59.2 Å². The third kappa shape index (κ3) is 6.57. The van der Waals surface area contributed by atoms with Gasteiger partial charge in [-0.15, -0.1) is 0 Å². The molecule has 1 saturated carbocycles. The fourth-order valence-electron chi connectivity index (χ4n) is 3.81. The number of halogens is 1. The summed E-state index contributed by atoms with van der Waals surface area (Å²) in [5, 5.41) is 10.3. The fraction of sp³-hybridized carbons (Fsp3) is 0.565. The standard InChI is InChI=1S/C23H30FNO4S/c1-29-22(28)15-23(10-11-23)16-30-13-12-25-19(7-9-21(25)27)6-8-20(26)14-17-2-4-18(24)5-3-17/h2-6,8,19-20,26H,7,9-16H2,1H3/b8-6+/t19-,20+/m0/s1. The number of carbonyl (C=O) groups excluding carboxylic acids is 2. The van der Waals surface area contributed by atoms with Gasteiger partial charge in [0, 0.05) is 25.1 Å². The van der Waals surface area contributed by atoms with Crippen LogP contribution in [0, 0.1) is 11.2 Å². The number of benzene rings is 1. The first-order valence-corrected chi connectivity index (χ1v) is 11.6. The normalized spacial score (nSPS) is 21.2. The maximum absolute atomic E-state index is 13.0. The van der Waals surface area contributed by atoms with Crippen molar-refractivity contribution in [2.75, 3.05) is 25.2 Å². The van der Waals surface area contributed by atoms with Gasteiger partial charge in [0.2, 0.25) is 5.91 Å². The second-order valence-corrected chi connectivity index (χ2v) is 9.39. The van der Waals surface area contributed by atoms with Crippen LogP contribution < -0.4 is 0 Å². The van der Waals surface area contributed by atoms with Gasteiger partial charge in [0.1, 0.15) is 5.82 Å². The average molecular weight is 436 g/mol. The summed E-state index contributed by atoms with van der Waals surface area (Å²) in [6.45, 7) is 0.668.